The average molecular weight is 317 g/mol. The lowest BCUT2D eigenvalue weighted by molar-refractivity contribution is 0.229. The van der Waals surface area contributed by atoms with Crippen LogP contribution in [0.4, 0.5) is 0 Å². The molecule has 3 N–H and O–H groups in total. The van der Waals surface area contributed by atoms with E-state index < -0.39 is 0 Å². The Morgan fingerprint density at radius 2 is 2.41 bits per heavy atom. The molecule has 1 aromatic heterocycles. The Labute approximate surface area is 116 Å². The first kappa shape index (κ1) is 13.5. The van der Waals surface area contributed by atoms with Gasteiger partial charge in [-0.05, 0) is 46.8 Å². The monoisotopic (exact) mass is 316 g/mol. The van der Waals surface area contributed by atoms with Crippen LogP contribution in [-0.2, 0) is 6.54 Å². The van der Waals surface area contributed by atoms with E-state index in [2.05, 4.69) is 40.3 Å². The minimum absolute atomic E-state index is 0.0200. The fourth-order valence-corrected chi connectivity index (χ4v) is 4.20. The van der Waals surface area contributed by atoms with E-state index in [9.17, 15) is 0 Å². The smallest absolute Gasteiger partial charge is 0.0701 e. The Bertz CT molecular complexity index is 366. The van der Waals surface area contributed by atoms with Crippen LogP contribution < -0.4 is 11.1 Å². The normalized spacial score (nSPS) is 29.5. The molecule has 4 heteroatoms. The van der Waals surface area contributed by atoms with Crippen LogP contribution in [0.2, 0.25) is 0 Å². The summed E-state index contributed by atoms with van der Waals surface area (Å²) in [5.74, 6) is 0.784. The van der Waals surface area contributed by atoms with E-state index in [-0.39, 0.29) is 5.54 Å². The van der Waals surface area contributed by atoms with Crippen LogP contribution in [0.5, 0.6) is 0 Å². The lowest BCUT2D eigenvalue weighted by Gasteiger charge is -2.37. The van der Waals surface area contributed by atoms with Gasteiger partial charge in [0.2, 0.25) is 0 Å². The SMILES string of the molecule is CC1CCCC(N)(CNCc2ccc(Br)s2)C1. The van der Waals surface area contributed by atoms with Crippen LogP contribution in [0.15, 0.2) is 15.9 Å². The Morgan fingerprint density at radius 1 is 1.59 bits per heavy atom. The third kappa shape index (κ3) is 4.05. The third-order valence-corrected chi connectivity index (χ3v) is 5.16. The van der Waals surface area contributed by atoms with Crippen molar-refractivity contribution in [2.45, 2.75) is 44.7 Å². The largest absolute Gasteiger partial charge is 0.324 e. The van der Waals surface area contributed by atoms with Crippen LogP contribution >= 0.6 is 27.3 Å². The number of nitrogens with one attached hydrogen (secondary N) is 1. The zero-order valence-corrected chi connectivity index (χ0v) is 12.7. The Hall–Kier alpha value is 0.1000. The average Bonchev–Trinajstić information content (AvgIpc) is 2.63. The second-order valence-electron chi connectivity index (χ2n) is 5.37. The van der Waals surface area contributed by atoms with E-state index in [0.29, 0.717) is 0 Å². The van der Waals surface area contributed by atoms with Gasteiger partial charge in [-0.15, -0.1) is 11.3 Å². The van der Waals surface area contributed by atoms with Gasteiger partial charge in [-0.1, -0.05) is 19.8 Å². The molecule has 1 aromatic rings. The van der Waals surface area contributed by atoms with E-state index in [4.69, 9.17) is 5.73 Å². The van der Waals surface area contributed by atoms with Crippen LogP contribution in [0.1, 0.15) is 37.5 Å². The third-order valence-electron chi connectivity index (χ3n) is 3.53. The van der Waals surface area contributed by atoms with Crippen LogP contribution in [0, 0.1) is 5.92 Å². The first-order chi connectivity index (χ1) is 8.07. The molecule has 0 aromatic carbocycles. The zero-order chi connectivity index (χ0) is 12.3. The lowest BCUT2D eigenvalue weighted by atomic mass is 9.77. The minimum atomic E-state index is 0.0200. The predicted molar refractivity (Wildman–Crippen MR) is 78.3 cm³/mol. The lowest BCUT2D eigenvalue weighted by Crippen LogP contribution is -2.51. The second-order valence-corrected chi connectivity index (χ2v) is 7.92. The van der Waals surface area contributed by atoms with Gasteiger partial charge < -0.3 is 11.1 Å². The number of hydrogen-bond donors (Lipinski definition) is 2. The number of thiophene rings is 1. The van der Waals surface area contributed by atoms with Gasteiger partial charge in [0.1, 0.15) is 0 Å². The zero-order valence-electron chi connectivity index (χ0n) is 10.3. The Morgan fingerprint density at radius 3 is 3.06 bits per heavy atom. The van der Waals surface area contributed by atoms with Gasteiger partial charge in [0, 0.05) is 23.5 Å². The molecule has 1 aliphatic carbocycles. The van der Waals surface area contributed by atoms with Gasteiger partial charge in [-0.25, -0.2) is 0 Å². The molecular formula is C13H21BrN2S. The second kappa shape index (κ2) is 5.83. The quantitative estimate of drug-likeness (QED) is 0.892. The van der Waals surface area contributed by atoms with Gasteiger partial charge in [0.15, 0.2) is 0 Å². The van der Waals surface area contributed by atoms with E-state index in [0.717, 1.165) is 25.4 Å². The maximum atomic E-state index is 6.45. The van der Waals surface area contributed by atoms with Gasteiger partial charge in [0.05, 0.1) is 3.79 Å². The molecule has 17 heavy (non-hydrogen) atoms. The molecule has 2 rings (SSSR count). The van der Waals surface area contributed by atoms with Gasteiger partial charge in [0.25, 0.3) is 0 Å². The molecule has 96 valence electrons. The van der Waals surface area contributed by atoms with Gasteiger partial charge in [-0.2, -0.15) is 0 Å². The standard InChI is InChI=1S/C13H21BrN2S/c1-10-3-2-6-13(15,7-10)9-16-8-11-4-5-12(14)17-11/h4-5,10,16H,2-3,6-9,15H2,1H3. The van der Waals surface area contributed by atoms with Crippen LogP contribution in [-0.4, -0.2) is 12.1 Å². The molecule has 0 bridgehead atoms. The van der Waals surface area contributed by atoms with E-state index >= 15 is 0 Å². The number of hydrogen-bond acceptors (Lipinski definition) is 3. The maximum Gasteiger partial charge on any atom is 0.0701 e. The molecule has 2 unspecified atom stereocenters. The number of nitrogens with two attached hydrogens (primary N) is 1. The first-order valence-corrected chi connectivity index (χ1v) is 7.92. The van der Waals surface area contributed by atoms with Crippen molar-refractivity contribution < 1.29 is 0 Å². The predicted octanol–water partition coefficient (Wildman–Crippen LogP) is 3.51. The summed E-state index contributed by atoms with van der Waals surface area (Å²) in [5, 5.41) is 3.51. The highest BCUT2D eigenvalue weighted by Gasteiger charge is 2.30. The highest BCUT2D eigenvalue weighted by molar-refractivity contribution is 9.11. The summed E-state index contributed by atoms with van der Waals surface area (Å²) < 4.78 is 1.20. The van der Waals surface area contributed by atoms with Crippen LogP contribution in [0.3, 0.4) is 0 Å². The number of rotatable bonds is 4. The number of halogens is 1. The van der Waals surface area contributed by atoms with Crippen molar-refractivity contribution in [2.24, 2.45) is 11.7 Å². The van der Waals surface area contributed by atoms with Crippen molar-refractivity contribution >= 4 is 27.3 Å². The molecule has 1 heterocycles. The molecule has 0 spiro atoms. The summed E-state index contributed by atoms with van der Waals surface area (Å²) in [6.07, 6.45) is 4.95. The molecule has 2 atom stereocenters. The van der Waals surface area contributed by atoms with Crippen molar-refractivity contribution in [3.05, 3.63) is 20.8 Å². The molecular weight excluding hydrogens is 296 g/mol. The molecule has 1 fully saturated rings. The minimum Gasteiger partial charge on any atom is -0.324 e. The summed E-state index contributed by atoms with van der Waals surface area (Å²) in [6, 6.07) is 4.26. The summed E-state index contributed by atoms with van der Waals surface area (Å²) in [7, 11) is 0. The summed E-state index contributed by atoms with van der Waals surface area (Å²) in [6.45, 7) is 4.19. The van der Waals surface area contributed by atoms with Crippen molar-refractivity contribution in [2.75, 3.05) is 6.54 Å². The molecule has 0 amide bonds. The fraction of sp³-hybridized carbons (Fsp3) is 0.692. The maximum absolute atomic E-state index is 6.45. The summed E-state index contributed by atoms with van der Waals surface area (Å²) in [5.41, 5.74) is 6.47. The van der Waals surface area contributed by atoms with Gasteiger partial charge in [-0.3, -0.25) is 0 Å². The summed E-state index contributed by atoms with van der Waals surface area (Å²) >= 11 is 5.27. The molecule has 0 aliphatic heterocycles. The fourth-order valence-electron chi connectivity index (χ4n) is 2.74. The van der Waals surface area contributed by atoms with Crippen molar-refractivity contribution in [3.63, 3.8) is 0 Å². The molecule has 2 nitrogen and oxygen atoms in total. The highest BCUT2D eigenvalue weighted by Crippen LogP contribution is 2.30. The molecule has 1 aliphatic rings. The molecule has 1 saturated carbocycles. The van der Waals surface area contributed by atoms with E-state index in [1.807, 2.05) is 0 Å². The molecule has 0 radical (unpaired) electrons. The van der Waals surface area contributed by atoms with Crippen LogP contribution in [0.25, 0.3) is 0 Å². The summed E-state index contributed by atoms with van der Waals surface area (Å²) in [4.78, 5) is 1.37. The topological polar surface area (TPSA) is 38.0 Å². The van der Waals surface area contributed by atoms with Crippen molar-refractivity contribution in [1.82, 2.24) is 5.32 Å². The Balaban J connectivity index is 1.77. The highest BCUT2D eigenvalue weighted by atomic mass is 79.9. The van der Waals surface area contributed by atoms with E-state index in [1.54, 1.807) is 11.3 Å². The van der Waals surface area contributed by atoms with E-state index in [1.165, 1.54) is 27.9 Å². The molecule has 0 saturated heterocycles. The first-order valence-electron chi connectivity index (χ1n) is 6.31. The van der Waals surface area contributed by atoms with Crippen molar-refractivity contribution in [1.29, 1.82) is 0 Å². The van der Waals surface area contributed by atoms with Crippen molar-refractivity contribution in [3.8, 4) is 0 Å². The Kier molecular flexibility index (Phi) is 4.64. The van der Waals surface area contributed by atoms with Gasteiger partial charge >= 0.3 is 0 Å².